The Morgan fingerprint density at radius 2 is 1.86 bits per heavy atom. The highest BCUT2D eigenvalue weighted by molar-refractivity contribution is 7.18. The fourth-order valence-corrected chi connectivity index (χ4v) is 3.27. The van der Waals surface area contributed by atoms with E-state index in [1.807, 2.05) is 37.3 Å². The maximum atomic E-state index is 11.5. The van der Waals surface area contributed by atoms with E-state index >= 15 is 0 Å². The molecule has 22 heavy (non-hydrogen) atoms. The van der Waals surface area contributed by atoms with Gasteiger partial charge in [-0.2, -0.15) is 0 Å². The van der Waals surface area contributed by atoms with Gasteiger partial charge < -0.3 is 10.2 Å². The number of aryl methyl sites for hydroxylation is 1. The predicted molar refractivity (Wildman–Crippen MR) is 86.3 cm³/mol. The Morgan fingerprint density at radius 1 is 1.14 bits per heavy atom. The van der Waals surface area contributed by atoms with Crippen LogP contribution in [0.2, 0.25) is 0 Å². The third-order valence-corrected chi connectivity index (χ3v) is 4.39. The average molecular weight is 311 g/mol. The van der Waals surface area contributed by atoms with Crippen LogP contribution in [-0.2, 0) is 0 Å². The average Bonchev–Trinajstić information content (AvgIpc) is 2.96. The second-order valence-corrected chi connectivity index (χ2v) is 5.89. The van der Waals surface area contributed by atoms with Gasteiger partial charge in [0.1, 0.15) is 10.8 Å². The maximum Gasteiger partial charge on any atom is 0.356 e. The van der Waals surface area contributed by atoms with Gasteiger partial charge in [0.15, 0.2) is 5.69 Å². The molecule has 0 saturated carbocycles. The Balaban J connectivity index is 2.19. The molecule has 4 nitrogen and oxygen atoms in total. The van der Waals surface area contributed by atoms with Crippen LogP contribution in [0, 0.1) is 6.92 Å². The molecule has 2 N–H and O–H groups in total. The minimum Gasteiger partial charge on any atom is -0.507 e. The van der Waals surface area contributed by atoms with Crippen LogP contribution in [0.1, 0.15) is 16.1 Å². The molecule has 0 aliphatic carbocycles. The van der Waals surface area contributed by atoms with Crippen molar-refractivity contribution < 1.29 is 15.0 Å². The lowest BCUT2D eigenvalue weighted by Crippen LogP contribution is -1.98. The molecule has 1 aromatic heterocycles. The topological polar surface area (TPSA) is 70.4 Å². The maximum absolute atomic E-state index is 11.5. The summed E-state index contributed by atoms with van der Waals surface area (Å²) in [6, 6.07) is 14.5. The molecular weight excluding hydrogens is 298 g/mol. The van der Waals surface area contributed by atoms with Crippen molar-refractivity contribution in [2.75, 3.05) is 0 Å². The van der Waals surface area contributed by atoms with E-state index in [2.05, 4.69) is 4.98 Å². The van der Waals surface area contributed by atoms with Crippen molar-refractivity contribution in [3.05, 3.63) is 59.8 Å². The number of carboxylic acids is 1. The first-order valence-electron chi connectivity index (χ1n) is 6.66. The minimum atomic E-state index is -1.08. The Morgan fingerprint density at radius 3 is 2.55 bits per heavy atom. The first-order valence-corrected chi connectivity index (χ1v) is 7.47. The van der Waals surface area contributed by atoms with Crippen molar-refractivity contribution >= 4 is 17.3 Å². The van der Waals surface area contributed by atoms with Gasteiger partial charge in [-0.05, 0) is 24.6 Å². The van der Waals surface area contributed by atoms with Gasteiger partial charge in [-0.3, -0.25) is 0 Å². The summed E-state index contributed by atoms with van der Waals surface area (Å²) in [6.45, 7) is 1.91. The highest BCUT2D eigenvalue weighted by Gasteiger charge is 2.20. The number of hydrogen-bond acceptors (Lipinski definition) is 4. The van der Waals surface area contributed by atoms with Crippen molar-refractivity contribution in [1.82, 2.24) is 4.98 Å². The molecule has 0 amide bonds. The normalized spacial score (nSPS) is 10.6. The van der Waals surface area contributed by atoms with Gasteiger partial charge in [0, 0.05) is 0 Å². The smallest absolute Gasteiger partial charge is 0.356 e. The van der Waals surface area contributed by atoms with Crippen molar-refractivity contribution in [3.63, 3.8) is 0 Å². The number of aromatic carboxylic acids is 1. The molecule has 0 aliphatic heterocycles. The van der Waals surface area contributed by atoms with Gasteiger partial charge in [-0.1, -0.05) is 42.0 Å². The second-order valence-electron chi connectivity index (χ2n) is 4.89. The summed E-state index contributed by atoms with van der Waals surface area (Å²) in [4.78, 5) is 16.3. The molecule has 0 unspecified atom stereocenters. The van der Waals surface area contributed by atoms with Crippen molar-refractivity contribution in [3.8, 4) is 26.8 Å². The lowest BCUT2D eigenvalue weighted by molar-refractivity contribution is 0.0692. The van der Waals surface area contributed by atoms with Crippen LogP contribution in [0.25, 0.3) is 21.0 Å². The summed E-state index contributed by atoms with van der Waals surface area (Å²) >= 11 is 1.26. The monoisotopic (exact) mass is 311 g/mol. The van der Waals surface area contributed by atoms with Gasteiger partial charge in [0.2, 0.25) is 0 Å². The molecule has 0 radical (unpaired) electrons. The molecule has 3 aromatic rings. The van der Waals surface area contributed by atoms with E-state index in [9.17, 15) is 15.0 Å². The van der Waals surface area contributed by atoms with E-state index in [1.165, 1.54) is 11.3 Å². The summed E-state index contributed by atoms with van der Waals surface area (Å²) in [5.41, 5.74) is 2.33. The van der Waals surface area contributed by atoms with Gasteiger partial charge in [0.05, 0.1) is 10.4 Å². The third-order valence-electron chi connectivity index (χ3n) is 3.25. The van der Waals surface area contributed by atoms with Crippen molar-refractivity contribution in [2.45, 2.75) is 6.92 Å². The van der Waals surface area contributed by atoms with Crippen molar-refractivity contribution in [1.29, 1.82) is 0 Å². The van der Waals surface area contributed by atoms with Crippen LogP contribution in [0.4, 0.5) is 0 Å². The summed E-state index contributed by atoms with van der Waals surface area (Å²) in [5.74, 6) is -0.982. The van der Waals surface area contributed by atoms with Gasteiger partial charge >= 0.3 is 5.97 Å². The Labute approximate surface area is 131 Å². The summed E-state index contributed by atoms with van der Waals surface area (Å²) in [7, 11) is 0. The first kappa shape index (κ1) is 14.3. The van der Waals surface area contributed by atoms with Crippen LogP contribution < -0.4 is 0 Å². The molecule has 0 saturated heterocycles. The fourth-order valence-electron chi connectivity index (χ4n) is 2.19. The lowest BCUT2D eigenvalue weighted by atomic mass is 10.1. The van der Waals surface area contributed by atoms with E-state index in [4.69, 9.17) is 0 Å². The third kappa shape index (κ3) is 2.58. The van der Waals surface area contributed by atoms with Crippen molar-refractivity contribution in [2.24, 2.45) is 0 Å². The minimum absolute atomic E-state index is 0.00658. The molecular formula is C17H13NO3S. The molecule has 3 rings (SSSR count). The number of carboxylic acid groups (broad SMARTS) is 1. The Hall–Kier alpha value is -2.66. The molecule has 1 heterocycles. The molecule has 0 bridgehead atoms. The predicted octanol–water partition coefficient (Wildman–Crippen LogP) is 4.19. The van der Waals surface area contributed by atoms with Gasteiger partial charge in [0.25, 0.3) is 0 Å². The quantitative estimate of drug-likeness (QED) is 0.761. The number of rotatable bonds is 3. The molecule has 2 aromatic carbocycles. The van der Waals surface area contributed by atoms with Gasteiger partial charge in [-0.25, -0.2) is 9.78 Å². The van der Waals surface area contributed by atoms with E-state index < -0.39 is 5.97 Å². The van der Waals surface area contributed by atoms with Crippen LogP contribution in [-0.4, -0.2) is 21.2 Å². The van der Waals surface area contributed by atoms with E-state index in [0.29, 0.717) is 15.4 Å². The summed E-state index contributed by atoms with van der Waals surface area (Å²) in [6.07, 6.45) is 0. The second kappa shape index (κ2) is 5.61. The molecule has 0 spiro atoms. The van der Waals surface area contributed by atoms with E-state index in [-0.39, 0.29) is 11.4 Å². The number of thiazole rings is 1. The number of phenols is 1. The Bertz CT molecular complexity index is 840. The number of aromatic nitrogens is 1. The number of phenolic OH excluding ortho intramolecular Hbond substituents is 1. The first-order chi connectivity index (χ1) is 10.6. The summed E-state index contributed by atoms with van der Waals surface area (Å²) < 4.78 is 0. The molecule has 0 fully saturated rings. The molecule has 110 valence electrons. The Kier molecular flexibility index (Phi) is 3.65. The number of benzene rings is 2. The molecule has 0 atom stereocenters. The fraction of sp³-hybridized carbons (Fsp3) is 0.0588. The number of hydrogen-bond donors (Lipinski definition) is 2. The largest absolute Gasteiger partial charge is 0.507 e. The van der Waals surface area contributed by atoms with Gasteiger partial charge in [-0.15, -0.1) is 11.3 Å². The SMILES string of the molecule is Cc1ccc(O)c(-c2nc(C(=O)O)c(-c3ccccc3)s2)c1. The molecule has 5 heteroatoms. The summed E-state index contributed by atoms with van der Waals surface area (Å²) in [5, 5.41) is 19.9. The zero-order valence-corrected chi connectivity index (χ0v) is 12.6. The van der Waals surface area contributed by atoms with E-state index in [0.717, 1.165) is 11.1 Å². The lowest BCUT2D eigenvalue weighted by Gasteiger charge is -2.01. The van der Waals surface area contributed by atoms with Crippen LogP contribution in [0.15, 0.2) is 48.5 Å². The van der Waals surface area contributed by atoms with Crippen LogP contribution >= 0.6 is 11.3 Å². The standard InChI is InChI=1S/C17H13NO3S/c1-10-7-8-13(19)12(9-10)16-18-14(17(20)21)15(22-16)11-5-3-2-4-6-11/h2-9,19H,1H3,(H,20,21). The zero-order valence-electron chi connectivity index (χ0n) is 11.8. The number of carbonyl (C=O) groups is 1. The number of aromatic hydroxyl groups is 1. The molecule has 0 aliphatic rings. The highest BCUT2D eigenvalue weighted by atomic mass is 32.1. The van der Waals surface area contributed by atoms with Crippen LogP contribution in [0.3, 0.4) is 0 Å². The zero-order chi connectivity index (χ0) is 15.7. The van der Waals surface area contributed by atoms with Crippen LogP contribution in [0.5, 0.6) is 5.75 Å². The number of nitrogens with zero attached hydrogens (tertiary/aromatic N) is 1. The van der Waals surface area contributed by atoms with E-state index in [1.54, 1.807) is 18.2 Å². The highest BCUT2D eigenvalue weighted by Crippen LogP contribution is 2.39.